The smallest absolute Gasteiger partial charge is 0.290 e. The lowest BCUT2D eigenvalue weighted by Crippen LogP contribution is -2.74. The second-order valence-electron chi connectivity index (χ2n) is 4.80. The van der Waals surface area contributed by atoms with E-state index in [2.05, 4.69) is 46.3 Å². The fourth-order valence-corrected chi connectivity index (χ4v) is 0. The Hall–Kier alpha value is -0.940. The fourth-order valence-electron chi connectivity index (χ4n) is 0. The SMILES string of the molecule is C=O.CC(C)(C)C.CCC.COC.C[NH2+]C.O=CO. The molecule has 0 aliphatic rings. The summed E-state index contributed by atoms with van der Waals surface area (Å²) >= 11 is 0. The van der Waals surface area contributed by atoms with Gasteiger partial charge in [0, 0.05) is 14.2 Å². The molecule has 0 aromatic heterocycles. The Bertz CT molecular complexity index is 93.4. The van der Waals surface area contributed by atoms with Crippen LogP contribution in [0.4, 0.5) is 0 Å². The molecule has 0 aromatic carbocycles. The topological polar surface area (TPSA) is 80.2 Å². The molecule has 0 spiro atoms. The first-order valence-corrected chi connectivity index (χ1v) is 6.17. The van der Waals surface area contributed by atoms with Crippen LogP contribution in [-0.4, -0.2) is 46.7 Å². The van der Waals surface area contributed by atoms with Gasteiger partial charge in [-0.05, 0) is 5.41 Å². The van der Waals surface area contributed by atoms with E-state index in [0.29, 0.717) is 5.41 Å². The van der Waals surface area contributed by atoms with Crippen LogP contribution < -0.4 is 5.32 Å². The average Bonchev–Trinajstić information content (AvgIpc) is 2.22. The zero-order valence-electron chi connectivity index (χ0n) is 14.7. The van der Waals surface area contributed by atoms with Gasteiger partial charge >= 0.3 is 0 Å². The molecule has 122 valence electrons. The summed E-state index contributed by atoms with van der Waals surface area (Å²) in [6.07, 6.45) is 1.25. The van der Waals surface area contributed by atoms with Crippen molar-refractivity contribution in [2.75, 3.05) is 28.3 Å². The standard InChI is InChI=1S/C5H12.C3H8.C2H7N.C2H6O.CH2O2.CH2O/c1-5(2,3)4;3*1-3-2;2-1-3;1-2/h1-4H3;3H2,1-2H3;3H,1-2H3;1-2H3;1H,(H,2,3);1H2/p+1. The fraction of sp³-hybridized carbons (Fsp3) is 0.857. The lowest BCUT2D eigenvalue weighted by molar-refractivity contribution is -0.597. The van der Waals surface area contributed by atoms with Gasteiger partial charge in [0.15, 0.2) is 0 Å². The molecule has 0 rings (SSSR count). The first-order chi connectivity index (χ1) is 8.66. The highest BCUT2D eigenvalue weighted by Gasteiger charge is 1.95. The molecule has 3 N–H and O–H groups in total. The molecular formula is C14H38NO4+. The average molecular weight is 284 g/mol. The molecule has 0 aromatic rings. The Balaban J connectivity index is -0.0000000274. The normalized spacial score (nSPS) is 6.84. The Kier molecular flexibility index (Phi) is 102. The largest absolute Gasteiger partial charge is 0.483 e. The molecular weight excluding hydrogens is 246 g/mol. The van der Waals surface area contributed by atoms with Crippen LogP contribution in [0, 0.1) is 5.41 Å². The number of carbonyl (C=O) groups excluding carboxylic acids is 1. The summed E-state index contributed by atoms with van der Waals surface area (Å²) in [5.74, 6) is 0. The number of carbonyl (C=O) groups is 2. The van der Waals surface area contributed by atoms with Crippen molar-refractivity contribution in [3.63, 3.8) is 0 Å². The maximum Gasteiger partial charge on any atom is 0.290 e. The van der Waals surface area contributed by atoms with E-state index in [9.17, 15) is 0 Å². The van der Waals surface area contributed by atoms with Crippen LogP contribution in [0.3, 0.4) is 0 Å². The highest BCUT2D eigenvalue weighted by atomic mass is 16.4. The van der Waals surface area contributed by atoms with Gasteiger partial charge in [-0.2, -0.15) is 0 Å². The van der Waals surface area contributed by atoms with Gasteiger partial charge in [0.05, 0.1) is 14.1 Å². The van der Waals surface area contributed by atoms with Crippen LogP contribution in [0.5, 0.6) is 0 Å². The third-order valence-electron chi connectivity index (χ3n) is 0. The minimum absolute atomic E-state index is 0.250. The number of carboxylic acid groups (broad SMARTS) is 1. The van der Waals surface area contributed by atoms with Gasteiger partial charge in [-0.25, -0.2) is 0 Å². The molecule has 0 aliphatic carbocycles. The highest BCUT2D eigenvalue weighted by Crippen LogP contribution is 2.07. The molecule has 5 heteroatoms. The number of quaternary nitrogens is 1. The van der Waals surface area contributed by atoms with Gasteiger partial charge in [0.2, 0.25) is 0 Å². The van der Waals surface area contributed by atoms with E-state index in [1.807, 2.05) is 26.2 Å². The number of methoxy groups -OCH3 is 1. The van der Waals surface area contributed by atoms with Gasteiger partial charge in [-0.1, -0.05) is 48.0 Å². The van der Waals surface area contributed by atoms with E-state index in [4.69, 9.17) is 14.7 Å². The minimum Gasteiger partial charge on any atom is -0.483 e. The van der Waals surface area contributed by atoms with Crippen LogP contribution in [0.25, 0.3) is 0 Å². The number of hydrogen-bond acceptors (Lipinski definition) is 3. The molecule has 0 amide bonds. The first-order valence-electron chi connectivity index (χ1n) is 6.17. The highest BCUT2D eigenvalue weighted by molar-refractivity contribution is 5.32. The van der Waals surface area contributed by atoms with Gasteiger partial charge in [0.25, 0.3) is 6.47 Å². The Labute approximate surface area is 120 Å². The van der Waals surface area contributed by atoms with Gasteiger partial charge in [-0.15, -0.1) is 0 Å². The van der Waals surface area contributed by atoms with E-state index in [1.165, 1.54) is 6.42 Å². The number of hydrogen-bond donors (Lipinski definition) is 2. The molecule has 0 saturated carbocycles. The maximum atomic E-state index is 8.36. The molecule has 0 saturated heterocycles. The van der Waals surface area contributed by atoms with Crippen molar-refractivity contribution in [1.29, 1.82) is 0 Å². The van der Waals surface area contributed by atoms with Crippen LogP contribution in [0.15, 0.2) is 0 Å². The van der Waals surface area contributed by atoms with Crippen molar-refractivity contribution in [1.82, 2.24) is 0 Å². The van der Waals surface area contributed by atoms with Crippen molar-refractivity contribution in [3.8, 4) is 0 Å². The summed E-state index contributed by atoms with van der Waals surface area (Å²) < 4.78 is 4.25. The molecule has 0 fully saturated rings. The molecule has 0 heterocycles. The Morgan fingerprint density at radius 2 is 1.11 bits per heavy atom. The predicted octanol–water partition coefficient (Wildman–Crippen LogP) is 2.06. The summed E-state index contributed by atoms with van der Waals surface area (Å²) in [6.45, 7) is 14.8. The van der Waals surface area contributed by atoms with Gasteiger partial charge in [0.1, 0.15) is 6.79 Å². The van der Waals surface area contributed by atoms with Crippen molar-refractivity contribution in [2.24, 2.45) is 5.41 Å². The third kappa shape index (κ3) is 4380. The van der Waals surface area contributed by atoms with Crippen LogP contribution >= 0.6 is 0 Å². The second-order valence-corrected chi connectivity index (χ2v) is 4.80. The summed E-state index contributed by atoms with van der Waals surface area (Å²) in [6, 6.07) is 0. The van der Waals surface area contributed by atoms with E-state index in [1.54, 1.807) is 14.2 Å². The lowest BCUT2D eigenvalue weighted by Gasteiger charge is -2.05. The molecule has 19 heavy (non-hydrogen) atoms. The van der Waals surface area contributed by atoms with Gasteiger partial charge in [-0.3, -0.25) is 4.79 Å². The Morgan fingerprint density at radius 3 is 1.11 bits per heavy atom. The number of rotatable bonds is 0. The predicted molar refractivity (Wildman–Crippen MR) is 83.6 cm³/mol. The van der Waals surface area contributed by atoms with Crippen molar-refractivity contribution in [2.45, 2.75) is 48.0 Å². The lowest BCUT2D eigenvalue weighted by atomic mass is 10.0. The van der Waals surface area contributed by atoms with E-state index < -0.39 is 0 Å². The summed E-state index contributed by atoms with van der Waals surface area (Å²) in [5, 5.41) is 8.89. The maximum absolute atomic E-state index is 8.36. The summed E-state index contributed by atoms with van der Waals surface area (Å²) in [5.41, 5.74) is 0.500. The van der Waals surface area contributed by atoms with Crippen molar-refractivity contribution >= 4 is 13.3 Å². The van der Waals surface area contributed by atoms with E-state index in [0.717, 1.165) is 0 Å². The molecule has 0 atom stereocenters. The minimum atomic E-state index is -0.250. The summed E-state index contributed by atoms with van der Waals surface area (Å²) in [4.78, 5) is 16.4. The van der Waals surface area contributed by atoms with Crippen LogP contribution in [0.1, 0.15) is 48.0 Å². The third-order valence-corrected chi connectivity index (χ3v) is 0. The van der Waals surface area contributed by atoms with E-state index in [-0.39, 0.29) is 6.47 Å². The second kappa shape index (κ2) is 53.6. The molecule has 0 bridgehead atoms. The van der Waals surface area contributed by atoms with Gasteiger partial charge < -0.3 is 20.0 Å². The van der Waals surface area contributed by atoms with E-state index >= 15 is 0 Å². The quantitative estimate of drug-likeness (QED) is 0.667. The number of nitrogens with two attached hydrogens (primary N) is 1. The first kappa shape index (κ1) is 36.1. The zero-order chi connectivity index (χ0) is 17.3. The molecule has 5 nitrogen and oxygen atoms in total. The summed E-state index contributed by atoms with van der Waals surface area (Å²) in [7, 11) is 7.25. The monoisotopic (exact) mass is 284 g/mol. The van der Waals surface area contributed by atoms with Crippen molar-refractivity contribution in [3.05, 3.63) is 0 Å². The molecule has 0 unspecified atom stereocenters. The Morgan fingerprint density at radius 1 is 1.11 bits per heavy atom. The number of ether oxygens (including phenoxy) is 1. The molecule has 0 radical (unpaired) electrons. The zero-order valence-corrected chi connectivity index (χ0v) is 14.7. The molecule has 0 aliphatic heterocycles. The van der Waals surface area contributed by atoms with Crippen molar-refractivity contribution < 1.29 is 24.7 Å². The van der Waals surface area contributed by atoms with Crippen LogP contribution in [-0.2, 0) is 14.3 Å². The van der Waals surface area contributed by atoms with Crippen LogP contribution in [0.2, 0.25) is 0 Å².